The largest absolute Gasteiger partial charge is 0.478 e. The van der Waals surface area contributed by atoms with Gasteiger partial charge in [-0.1, -0.05) is 25.4 Å². The molecule has 0 fully saturated rings. The molecule has 0 aliphatic heterocycles. The fourth-order valence-electron chi connectivity index (χ4n) is 1.99. The third kappa shape index (κ3) is 3.72. The number of pyridine rings is 1. The van der Waals surface area contributed by atoms with E-state index in [0.717, 1.165) is 12.4 Å². The Balaban J connectivity index is 1.97. The zero-order valence-corrected chi connectivity index (χ0v) is 12.6. The lowest BCUT2D eigenvalue weighted by Gasteiger charge is -2.12. The van der Waals surface area contributed by atoms with E-state index in [1.54, 1.807) is 6.20 Å². The highest BCUT2D eigenvalue weighted by Crippen LogP contribution is 2.20. The van der Waals surface area contributed by atoms with Crippen LogP contribution in [-0.2, 0) is 6.54 Å². The van der Waals surface area contributed by atoms with Gasteiger partial charge in [0.2, 0.25) is 0 Å². The molecule has 2 aromatic rings. The number of hydrogen-bond acceptors (Lipinski definition) is 4. The van der Waals surface area contributed by atoms with Crippen molar-refractivity contribution in [3.63, 3.8) is 0 Å². The molecule has 2 heterocycles. The summed E-state index contributed by atoms with van der Waals surface area (Å²) in [6.45, 7) is 5.53. The van der Waals surface area contributed by atoms with E-state index in [2.05, 4.69) is 33.7 Å². The van der Waals surface area contributed by atoms with Crippen molar-refractivity contribution in [2.45, 2.75) is 26.3 Å². The molecule has 2 rings (SSSR count). The number of halogens is 1. The number of carboxylic acids is 1. The first-order valence-electron chi connectivity index (χ1n) is 6.62. The molecule has 0 bridgehead atoms. The number of aromatic carboxylic acids is 1. The SMILES string of the molecule is CC(C)c1nccn1CCNc1ncc(C(=O)O)cc1Cl. The summed E-state index contributed by atoms with van der Waals surface area (Å²) in [6.07, 6.45) is 5.00. The summed E-state index contributed by atoms with van der Waals surface area (Å²) in [4.78, 5) is 19.2. The van der Waals surface area contributed by atoms with Gasteiger partial charge in [-0.2, -0.15) is 0 Å². The zero-order valence-electron chi connectivity index (χ0n) is 11.9. The van der Waals surface area contributed by atoms with Gasteiger partial charge in [0.1, 0.15) is 11.6 Å². The van der Waals surface area contributed by atoms with E-state index in [1.807, 2.05) is 6.20 Å². The van der Waals surface area contributed by atoms with Crippen molar-refractivity contribution in [1.29, 1.82) is 0 Å². The van der Waals surface area contributed by atoms with Crippen molar-refractivity contribution >= 4 is 23.4 Å². The van der Waals surface area contributed by atoms with Crippen molar-refractivity contribution in [2.75, 3.05) is 11.9 Å². The van der Waals surface area contributed by atoms with Crippen LogP contribution in [0.3, 0.4) is 0 Å². The number of imidazole rings is 1. The van der Waals surface area contributed by atoms with Crippen molar-refractivity contribution in [3.05, 3.63) is 41.1 Å². The lowest BCUT2D eigenvalue weighted by Crippen LogP contribution is -2.14. The minimum atomic E-state index is -1.05. The van der Waals surface area contributed by atoms with Crippen LogP contribution in [-0.4, -0.2) is 32.2 Å². The predicted molar refractivity (Wildman–Crippen MR) is 81.0 cm³/mol. The van der Waals surface area contributed by atoms with Gasteiger partial charge in [-0.3, -0.25) is 0 Å². The molecule has 0 aliphatic carbocycles. The number of anilines is 1. The molecule has 0 radical (unpaired) electrons. The number of carboxylic acid groups (broad SMARTS) is 1. The minimum absolute atomic E-state index is 0.0715. The molecule has 0 spiro atoms. The van der Waals surface area contributed by atoms with E-state index in [9.17, 15) is 4.79 Å². The molecule has 0 aromatic carbocycles. The summed E-state index contributed by atoms with van der Waals surface area (Å²) >= 11 is 6.01. The van der Waals surface area contributed by atoms with Gasteiger partial charge < -0.3 is 15.0 Å². The molecule has 112 valence electrons. The molecule has 7 heteroatoms. The standard InChI is InChI=1S/C14H17ClN4O2/c1-9(2)13-17-4-6-19(13)5-3-16-12-11(15)7-10(8-18-12)14(20)21/h4,6-9H,3,5H2,1-2H3,(H,16,18)(H,20,21). The molecule has 2 aromatic heterocycles. The summed E-state index contributed by atoms with van der Waals surface area (Å²) in [5.41, 5.74) is 0.0715. The Kier molecular flexibility index (Phi) is 4.80. The number of aromatic nitrogens is 3. The maximum absolute atomic E-state index is 10.8. The van der Waals surface area contributed by atoms with E-state index in [-0.39, 0.29) is 5.56 Å². The smallest absolute Gasteiger partial charge is 0.337 e. The highest BCUT2D eigenvalue weighted by Gasteiger charge is 2.09. The van der Waals surface area contributed by atoms with Crippen molar-refractivity contribution < 1.29 is 9.90 Å². The Bertz CT molecular complexity index is 640. The Labute approximate surface area is 127 Å². The van der Waals surface area contributed by atoms with Crippen LogP contribution < -0.4 is 5.32 Å². The van der Waals surface area contributed by atoms with E-state index >= 15 is 0 Å². The molecule has 0 unspecified atom stereocenters. The van der Waals surface area contributed by atoms with Gasteiger partial charge in [0.25, 0.3) is 0 Å². The van der Waals surface area contributed by atoms with Crippen LogP contribution in [0.1, 0.15) is 35.9 Å². The maximum atomic E-state index is 10.8. The van der Waals surface area contributed by atoms with Gasteiger partial charge in [0, 0.05) is 37.6 Å². The van der Waals surface area contributed by atoms with Gasteiger partial charge in [-0.25, -0.2) is 14.8 Å². The second-order valence-electron chi connectivity index (χ2n) is 4.92. The lowest BCUT2D eigenvalue weighted by molar-refractivity contribution is 0.0696. The Hall–Kier alpha value is -2.08. The Morgan fingerprint density at radius 3 is 2.86 bits per heavy atom. The number of nitrogens with one attached hydrogen (secondary N) is 1. The van der Waals surface area contributed by atoms with E-state index in [1.165, 1.54) is 12.3 Å². The first kappa shape index (κ1) is 15.3. The molecule has 0 saturated heterocycles. The molecule has 2 N–H and O–H groups in total. The molecule has 0 amide bonds. The van der Waals surface area contributed by atoms with Crippen LogP contribution in [0.15, 0.2) is 24.7 Å². The maximum Gasteiger partial charge on any atom is 0.337 e. The molecular weight excluding hydrogens is 292 g/mol. The monoisotopic (exact) mass is 308 g/mol. The zero-order chi connectivity index (χ0) is 15.4. The highest BCUT2D eigenvalue weighted by atomic mass is 35.5. The van der Waals surface area contributed by atoms with Gasteiger partial charge in [-0.15, -0.1) is 0 Å². The number of rotatable bonds is 6. The normalized spacial score (nSPS) is 10.9. The highest BCUT2D eigenvalue weighted by molar-refractivity contribution is 6.33. The van der Waals surface area contributed by atoms with Gasteiger partial charge in [0.15, 0.2) is 0 Å². The topological polar surface area (TPSA) is 80.0 Å². The molecular formula is C14H17ClN4O2. The summed E-state index contributed by atoms with van der Waals surface area (Å²) in [7, 11) is 0. The van der Waals surface area contributed by atoms with Crippen LogP contribution in [0.4, 0.5) is 5.82 Å². The summed E-state index contributed by atoms with van der Waals surface area (Å²) in [5, 5.41) is 12.2. The van der Waals surface area contributed by atoms with E-state index in [0.29, 0.717) is 23.3 Å². The Morgan fingerprint density at radius 2 is 2.24 bits per heavy atom. The van der Waals surface area contributed by atoms with Gasteiger partial charge in [0.05, 0.1) is 10.6 Å². The average Bonchev–Trinajstić information content (AvgIpc) is 2.89. The fraction of sp³-hybridized carbons (Fsp3) is 0.357. The number of nitrogens with zero attached hydrogens (tertiary/aromatic N) is 3. The average molecular weight is 309 g/mol. The second kappa shape index (κ2) is 6.58. The summed E-state index contributed by atoms with van der Waals surface area (Å²) < 4.78 is 2.07. The number of carbonyl (C=O) groups is 1. The quantitative estimate of drug-likeness (QED) is 0.857. The van der Waals surface area contributed by atoms with Crippen LogP contribution in [0.2, 0.25) is 5.02 Å². The molecule has 0 aliphatic rings. The van der Waals surface area contributed by atoms with Crippen LogP contribution in [0.25, 0.3) is 0 Å². The van der Waals surface area contributed by atoms with Gasteiger partial charge >= 0.3 is 5.97 Å². The molecule has 21 heavy (non-hydrogen) atoms. The van der Waals surface area contributed by atoms with E-state index in [4.69, 9.17) is 16.7 Å². The third-order valence-corrected chi connectivity index (χ3v) is 3.29. The van der Waals surface area contributed by atoms with Crippen molar-refractivity contribution in [1.82, 2.24) is 14.5 Å². The lowest BCUT2D eigenvalue weighted by atomic mass is 10.2. The predicted octanol–water partition coefficient (Wildman–Crippen LogP) is 2.87. The minimum Gasteiger partial charge on any atom is -0.478 e. The molecule has 6 nitrogen and oxygen atoms in total. The fourth-order valence-corrected chi connectivity index (χ4v) is 2.22. The van der Waals surface area contributed by atoms with Crippen molar-refractivity contribution in [2.24, 2.45) is 0 Å². The number of hydrogen-bond donors (Lipinski definition) is 2. The third-order valence-electron chi connectivity index (χ3n) is 3.00. The molecule has 0 atom stereocenters. The van der Waals surface area contributed by atoms with Crippen LogP contribution in [0, 0.1) is 0 Å². The van der Waals surface area contributed by atoms with Crippen LogP contribution >= 0.6 is 11.6 Å². The van der Waals surface area contributed by atoms with E-state index < -0.39 is 5.97 Å². The first-order valence-corrected chi connectivity index (χ1v) is 7.00. The second-order valence-corrected chi connectivity index (χ2v) is 5.33. The first-order chi connectivity index (χ1) is 9.99. The van der Waals surface area contributed by atoms with Gasteiger partial charge in [-0.05, 0) is 6.07 Å². The Morgan fingerprint density at radius 1 is 1.48 bits per heavy atom. The summed E-state index contributed by atoms with van der Waals surface area (Å²) in [5.74, 6) is 0.817. The molecule has 0 saturated carbocycles. The van der Waals surface area contributed by atoms with Crippen LogP contribution in [0.5, 0.6) is 0 Å². The van der Waals surface area contributed by atoms with Crippen molar-refractivity contribution in [3.8, 4) is 0 Å². The summed E-state index contributed by atoms with van der Waals surface area (Å²) in [6, 6.07) is 1.38.